The fraction of sp³-hybridized carbons (Fsp3) is 0.750. The predicted octanol–water partition coefficient (Wildman–Crippen LogP) is 2.39. The third kappa shape index (κ3) is 4.23. The van der Waals surface area contributed by atoms with Crippen LogP contribution < -0.4 is 5.32 Å². The summed E-state index contributed by atoms with van der Waals surface area (Å²) in [7, 11) is 3.70. The molecule has 0 bridgehead atoms. The summed E-state index contributed by atoms with van der Waals surface area (Å²) in [6.07, 6.45) is 5.86. The molecule has 1 aromatic heterocycles. The Morgan fingerprint density at radius 1 is 1.36 bits per heavy atom. The van der Waals surface area contributed by atoms with Gasteiger partial charge in [0.05, 0.1) is 6.20 Å². The van der Waals surface area contributed by atoms with Crippen molar-refractivity contribution in [2.75, 3.05) is 20.1 Å². The number of likely N-dealkylation sites (tertiary alicyclic amines) is 1. The van der Waals surface area contributed by atoms with Crippen LogP contribution in [0.15, 0.2) is 12.4 Å². The molecule has 0 aromatic carbocycles. The number of rotatable bonds is 3. The van der Waals surface area contributed by atoms with Crippen LogP contribution in [0.5, 0.6) is 0 Å². The molecule has 1 saturated heterocycles. The van der Waals surface area contributed by atoms with Crippen LogP contribution in [0.1, 0.15) is 45.2 Å². The largest absolute Gasteiger partial charge is 0.341 e. The lowest BCUT2D eigenvalue weighted by atomic mass is 9.75. The van der Waals surface area contributed by atoms with Crippen molar-refractivity contribution in [3.8, 4) is 0 Å². The van der Waals surface area contributed by atoms with E-state index in [0.29, 0.717) is 11.3 Å². The Labute approximate surface area is 139 Å². The zero-order chi connectivity index (χ0) is 15.6. The normalized spacial score (nSPS) is 18.0. The van der Waals surface area contributed by atoms with E-state index in [1.165, 1.54) is 0 Å². The SMILES string of the molecule is CNC(C(=O)N1CCC(C(C)(C)C)CC1)c1cnn(C)c1.Cl. The molecule has 0 spiro atoms. The number of hydrogen-bond acceptors (Lipinski definition) is 3. The molecule has 1 aliphatic heterocycles. The monoisotopic (exact) mass is 328 g/mol. The Balaban J connectivity index is 0.00000242. The van der Waals surface area contributed by atoms with Gasteiger partial charge in [0.1, 0.15) is 6.04 Å². The van der Waals surface area contributed by atoms with E-state index in [1.807, 2.05) is 25.2 Å². The van der Waals surface area contributed by atoms with E-state index in [-0.39, 0.29) is 24.4 Å². The molecule has 1 unspecified atom stereocenters. The average molecular weight is 329 g/mol. The van der Waals surface area contributed by atoms with Crippen molar-refractivity contribution in [3.05, 3.63) is 18.0 Å². The van der Waals surface area contributed by atoms with Crippen LogP contribution in [0.2, 0.25) is 0 Å². The minimum atomic E-state index is -0.287. The van der Waals surface area contributed by atoms with Crippen molar-refractivity contribution in [2.24, 2.45) is 18.4 Å². The third-order valence-corrected chi connectivity index (χ3v) is 4.63. The maximum Gasteiger partial charge on any atom is 0.244 e. The molecule has 1 fully saturated rings. The highest BCUT2D eigenvalue weighted by atomic mass is 35.5. The van der Waals surface area contributed by atoms with Crippen molar-refractivity contribution in [1.82, 2.24) is 20.0 Å². The second kappa shape index (κ2) is 7.47. The number of aromatic nitrogens is 2. The summed E-state index contributed by atoms with van der Waals surface area (Å²) in [6, 6.07) is -0.287. The van der Waals surface area contributed by atoms with Crippen LogP contribution in [0.4, 0.5) is 0 Å². The van der Waals surface area contributed by atoms with Gasteiger partial charge in [-0.25, -0.2) is 0 Å². The van der Waals surface area contributed by atoms with Gasteiger partial charge in [-0.15, -0.1) is 12.4 Å². The molecular weight excluding hydrogens is 300 g/mol. The van der Waals surface area contributed by atoms with E-state index < -0.39 is 0 Å². The Morgan fingerprint density at radius 2 is 1.95 bits per heavy atom. The molecule has 6 heteroatoms. The van der Waals surface area contributed by atoms with E-state index in [0.717, 1.165) is 31.5 Å². The zero-order valence-corrected chi connectivity index (χ0v) is 15.1. The van der Waals surface area contributed by atoms with Gasteiger partial charge < -0.3 is 10.2 Å². The van der Waals surface area contributed by atoms with Gasteiger partial charge in [-0.3, -0.25) is 9.48 Å². The zero-order valence-electron chi connectivity index (χ0n) is 14.3. The third-order valence-electron chi connectivity index (χ3n) is 4.63. The molecule has 1 aliphatic rings. The van der Waals surface area contributed by atoms with Crippen molar-refractivity contribution >= 4 is 18.3 Å². The molecule has 1 atom stereocenters. The lowest BCUT2D eigenvalue weighted by molar-refractivity contribution is -0.135. The highest BCUT2D eigenvalue weighted by molar-refractivity contribution is 5.85. The van der Waals surface area contributed by atoms with Gasteiger partial charge >= 0.3 is 0 Å². The van der Waals surface area contributed by atoms with E-state index >= 15 is 0 Å². The van der Waals surface area contributed by atoms with Crippen molar-refractivity contribution in [3.63, 3.8) is 0 Å². The molecule has 1 amide bonds. The Bertz CT molecular complexity index is 487. The van der Waals surface area contributed by atoms with Gasteiger partial charge in [-0.05, 0) is 31.2 Å². The number of likely N-dealkylation sites (N-methyl/N-ethyl adjacent to an activating group) is 1. The summed E-state index contributed by atoms with van der Waals surface area (Å²) in [5.74, 6) is 0.867. The molecule has 0 saturated carbocycles. The maximum absolute atomic E-state index is 12.7. The highest BCUT2D eigenvalue weighted by Gasteiger charge is 2.33. The van der Waals surface area contributed by atoms with Gasteiger partial charge in [-0.1, -0.05) is 20.8 Å². The number of piperidine rings is 1. The first-order chi connectivity index (χ1) is 9.82. The maximum atomic E-state index is 12.7. The molecular formula is C16H29ClN4O. The van der Waals surface area contributed by atoms with E-state index in [1.54, 1.807) is 10.9 Å². The Hall–Kier alpha value is -1.07. The standard InChI is InChI=1S/C16H28N4O.ClH/c1-16(2,3)13-6-8-20(9-7-13)15(21)14(17-4)12-10-18-19(5)11-12;/h10-11,13-14,17H,6-9H2,1-5H3;1H. The van der Waals surface area contributed by atoms with E-state index in [4.69, 9.17) is 0 Å². The smallest absolute Gasteiger partial charge is 0.244 e. The first kappa shape index (κ1) is 19.0. The van der Waals surface area contributed by atoms with E-state index in [2.05, 4.69) is 31.2 Å². The summed E-state index contributed by atoms with van der Waals surface area (Å²) in [5.41, 5.74) is 1.27. The topological polar surface area (TPSA) is 50.2 Å². The predicted molar refractivity (Wildman–Crippen MR) is 91.0 cm³/mol. The van der Waals surface area contributed by atoms with E-state index in [9.17, 15) is 4.79 Å². The summed E-state index contributed by atoms with van der Waals surface area (Å²) >= 11 is 0. The number of amides is 1. The fourth-order valence-electron chi connectivity index (χ4n) is 3.17. The van der Waals surface area contributed by atoms with Gasteiger partial charge in [0.25, 0.3) is 0 Å². The Morgan fingerprint density at radius 3 is 2.36 bits per heavy atom. The summed E-state index contributed by atoms with van der Waals surface area (Å²) in [6.45, 7) is 8.60. The van der Waals surface area contributed by atoms with Gasteiger partial charge in [-0.2, -0.15) is 5.10 Å². The first-order valence-corrected chi connectivity index (χ1v) is 7.77. The van der Waals surface area contributed by atoms with Crippen molar-refractivity contribution in [1.29, 1.82) is 0 Å². The molecule has 0 radical (unpaired) electrons. The Kier molecular flexibility index (Phi) is 6.44. The summed E-state index contributed by atoms with van der Waals surface area (Å²) in [5, 5.41) is 7.29. The second-order valence-corrected chi connectivity index (χ2v) is 7.13. The number of halogens is 1. The lowest BCUT2D eigenvalue weighted by Crippen LogP contribution is -2.45. The highest BCUT2D eigenvalue weighted by Crippen LogP contribution is 2.34. The van der Waals surface area contributed by atoms with Crippen LogP contribution in [0.25, 0.3) is 0 Å². The van der Waals surface area contributed by atoms with Crippen LogP contribution in [-0.2, 0) is 11.8 Å². The van der Waals surface area contributed by atoms with Gasteiger partial charge in [0.15, 0.2) is 0 Å². The molecule has 1 N–H and O–H groups in total. The number of aryl methyl sites for hydroxylation is 1. The first-order valence-electron chi connectivity index (χ1n) is 7.77. The lowest BCUT2D eigenvalue weighted by Gasteiger charge is -2.39. The van der Waals surface area contributed by atoms with Gasteiger partial charge in [0, 0.05) is 31.9 Å². The van der Waals surface area contributed by atoms with Crippen molar-refractivity contribution < 1.29 is 4.79 Å². The summed E-state index contributed by atoms with van der Waals surface area (Å²) in [4.78, 5) is 14.7. The number of nitrogens with zero attached hydrogens (tertiary/aromatic N) is 3. The molecule has 0 aliphatic carbocycles. The van der Waals surface area contributed by atoms with Crippen LogP contribution >= 0.6 is 12.4 Å². The average Bonchev–Trinajstić information content (AvgIpc) is 2.85. The number of carbonyl (C=O) groups excluding carboxylic acids is 1. The molecule has 126 valence electrons. The molecule has 1 aromatic rings. The van der Waals surface area contributed by atoms with Crippen LogP contribution in [-0.4, -0.2) is 40.7 Å². The molecule has 5 nitrogen and oxygen atoms in total. The quantitative estimate of drug-likeness (QED) is 0.927. The number of carbonyl (C=O) groups is 1. The minimum absolute atomic E-state index is 0. The minimum Gasteiger partial charge on any atom is -0.341 e. The van der Waals surface area contributed by atoms with Crippen LogP contribution in [0.3, 0.4) is 0 Å². The number of nitrogens with one attached hydrogen (secondary N) is 1. The summed E-state index contributed by atoms with van der Waals surface area (Å²) < 4.78 is 1.73. The fourth-order valence-corrected chi connectivity index (χ4v) is 3.17. The van der Waals surface area contributed by atoms with Crippen molar-refractivity contribution in [2.45, 2.75) is 39.7 Å². The van der Waals surface area contributed by atoms with Crippen LogP contribution in [0, 0.1) is 11.3 Å². The van der Waals surface area contributed by atoms with Gasteiger partial charge in [0.2, 0.25) is 5.91 Å². The number of hydrogen-bond donors (Lipinski definition) is 1. The molecule has 2 rings (SSSR count). The second-order valence-electron chi connectivity index (χ2n) is 7.13. The molecule has 22 heavy (non-hydrogen) atoms. The molecule has 2 heterocycles.